The first-order chi connectivity index (χ1) is 9.11. The van der Waals surface area contributed by atoms with Gasteiger partial charge in [0, 0.05) is 32.4 Å². The molecule has 0 aromatic heterocycles. The zero-order chi connectivity index (χ0) is 13.8. The predicted molar refractivity (Wildman–Crippen MR) is 88.9 cm³/mol. The van der Waals surface area contributed by atoms with Crippen molar-refractivity contribution in [1.29, 1.82) is 0 Å². The van der Waals surface area contributed by atoms with Gasteiger partial charge in [0.05, 0.1) is 0 Å². The molecular formula is C14H16Br3NO. The highest BCUT2D eigenvalue weighted by molar-refractivity contribution is 9.11. The number of rotatable bonds is 3. The highest BCUT2D eigenvalue weighted by Crippen LogP contribution is 2.25. The van der Waals surface area contributed by atoms with Crippen molar-refractivity contribution < 1.29 is 4.79 Å². The van der Waals surface area contributed by atoms with Crippen LogP contribution in [0.5, 0.6) is 0 Å². The van der Waals surface area contributed by atoms with Crippen LogP contribution < -0.4 is 0 Å². The molecule has 0 radical (unpaired) electrons. The smallest absolute Gasteiger partial charge is 0.254 e. The molecule has 1 atom stereocenters. The van der Waals surface area contributed by atoms with E-state index in [0.717, 1.165) is 45.6 Å². The van der Waals surface area contributed by atoms with Gasteiger partial charge < -0.3 is 4.90 Å². The lowest BCUT2D eigenvalue weighted by atomic mass is 9.99. The number of benzene rings is 1. The molecule has 2 rings (SSSR count). The van der Waals surface area contributed by atoms with Crippen LogP contribution in [-0.4, -0.2) is 28.7 Å². The van der Waals surface area contributed by atoms with Gasteiger partial charge in [0.2, 0.25) is 0 Å². The summed E-state index contributed by atoms with van der Waals surface area (Å²) in [5, 5.41) is 0.948. The summed E-state index contributed by atoms with van der Waals surface area (Å²) < 4.78 is 1.86. The van der Waals surface area contributed by atoms with Gasteiger partial charge in [0.1, 0.15) is 0 Å². The minimum absolute atomic E-state index is 0.146. The first-order valence-corrected chi connectivity index (χ1v) is 9.15. The first-order valence-electron chi connectivity index (χ1n) is 6.45. The molecule has 0 N–H and O–H groups in total. The van der Waals surface area contributed by atoms with Gasteiger partial charge in [-0.2, -0.15) is 0 Å². The van der Waals surface area contributed by atoms with Crippen LogP contribution in [0.3, 0.4) is 0 Å². The van der Waals surface area contributed by atoms with Crippen LogP contribution in [0.25, 0.3) is 0 Å². The van der Waals surface area contributed by atoms with Gasteiger partial charge in [-0.25, -0.2) is 0 Å². The normalized spacial score (nSPS) is 19.5. The van der Waals surface area contributed by atoms with Crippen LogP contribution >= 0.6 is 47.8 Å². The molecule has 0 bridgehead atoms. The monoisotopic (exact) mass is 451 g/mol. The van der Waals surface area contributed by atoms with Gasteiger partial charge in [-0.1, -0.05) is 47.8 Å². The van der Waals surface area contributed by atoms with E-state index >= 15 is 0 Å². The maximum atomic E-state index is 12.7. The number of likely N-dealkylation sites (tertiary alicyclic amines) is 1. The average molecular weight is 454 g/mol. The fourth-order valence-corrected chi connectivity index (χ4v) is 4.36. The van der Waals surface area contributed by atoms with Crippen LogP contribution in [0.15, 0.2) is 27.1 Å². The van der Waals surface area contributed by atoms with E-state index in [4.69, 9.17) is 0 Å². The molecule has 1 aliphatic rings. The van der Waals surface area contributed by atoms with Gasteiger partial charge in [-0.15, -0.1) is 0 Å². The van der Waals surface area contributed by atoms with Gasteiger partial charge in [-0.05, 0) is 43.9 Å². The SMILES string of the molecule is O=C(c1cc(Br)cc(Br)c1)N1CCCCC1CCBr. The quantitative estimate of drug-likeness (QED) is 0.590. The molecule has 0 aliphatic carbocycles. The Morgan fingerprint density at radius 2 is 1.89 bits per heavy atom. The molecule has 19 heavy (non-hydrogen) atoms. The lowest BCUT2D eigenvalue weighted by molar-refractivity contribution is 0.0610. The Morgan fingerprint density at radius 1 is 1.21 bits per heavy atom. The largest absolute Gasteiger partial charge is 0.336 e. The van der Waals surface area contributed by atoms with Crippen LogP contribution in [0, 0.1) is 0 Å². The fraction of sp³-hybridized carbons (Fsp3) is 0.500. The maximum absolute atomic E-state index is 12.7. The number of halogens is 3. The summed E-state index contributed by atoms with van der Waals surface area (Å²) in [5.74, 6) is 0.146. The third kappa shape index (κ3) is 4.05. The highest BCUT2D eigenvalue weighted by Gasteiger charge is 2.27. The van der Waals surface area contributed by atoms with Crippen molar-refractivity contribution >= 4 is 53.7 Å². The van der Waals surface area contributed by atoms with Crippen molar-refractivity contribution in [1.82, 2.24) is 4.90 Å². The van der Waals surface area contributed by atoms with E-state index in [9.17, 15) is 4.79 Å². The van der Waals surface area contributed by atoms with Crippen molar-refractivity contribution in [2.75, 3.05) is 11.9 Å². The van der Waals surface area contributed by atoms with E-state index < -0.39 is 0 Å². The Kier molecular flexibility index (Phi) is 5.90. The van der Waals surface area contributed by atoms with Crippen molar-refractivity contribution in [3.05, 3.63) is 32.7 Å². The van der Waals surface area contributed by atoms with Crippen LogP contribution in [0.2, 0.25) is 0 Å². The van der Waals surface area contributed by atoms with E-state index in [1.54, 1.807) is 0 Å². The number of alkyl halides is 1. The molecule has 0 saturated carbocycles. The van der Waals surface area contributed by atoms with Crippen molar-refractivity contribution in [3.63, 3.8) is 0 Å². The Hall–Kier alpha value is 0.130. The second-order valence-electron chi connectivity index (χ2n) is 4.78. The van der Waals surface area contributed by atoms with E-state index in [-0.39, 0.29) is 5.91 Å². The molecule has 1 aromatic rings. The Labute approximate surface area is 139 Å². The number of hydrogen-bond acceptors (Lipinski definition) is 1. The van der Waals surface area contributed by atoms with Gasteiger partial charge in [0.15, 0.2) is 0 Å². The number of hydrogen-bond donors (Lipinski definition) is 0. The van der Waals surface area contributed by atoms with Gasteiger partial charge >= 0.3 is 0 Å². The number of amides is 1. The summed E-state index contributed by atoms with van der Waals surface area (Å²) >= 11 is 10.4. The van der Waals surface area contributed by atoms with E-state index in [1.165, 1.54) is 6.42 Å². The third-order valence-corrected chi connectivity index (χ3v) is 4.81. The Bertz CT molecular complexity index is 442. The standard InChI is InChI=1S/C14H16Br3NO/c15-5-4-13-3-1-2-6-18(13)14(19)10-7-11(16)9-12(17)8-10/h7-9,13H,1-6H2. The highest BCUT2D eigenvalue weighted by atomic mass is 79.9. The van der Waals surface area contributed by atoms with E-state index in [2.05, 4.69) is 47.8 Å². The lowest BCUT2D eigenvalue weighted by Gasteiger charge is -2.35. The molecule has 1 fully saturated rings. The van der Waals surface area contributed by atoms with Crippen molar-refractivity contribution in [2.24, 2.45) is 0 Å². The summed E-state index contributed by atoms with van der Waals surface area (Å²) in [5.41, 5.74) is 0.753. The fourth-order valence-electron chi connectivity index (χ4n) is 2.54. The minimum Gasteiger partial charge on any atom is -0.336 e. The molecule has 1 saturated heterocycles. The topological polar surface area (TPSA) is 20.3 Å². The molecular weight excluding hydrogens is 438 g/mol. The second-order valence-corrected chi connectivity index (χ2v) is 7.41. The maximum Gasteiger partial charge on any atom is 0.254 e. The molecule has 1 heterocycles. The third-order valence-electron chi connectivity index (χ3n) is 3.44. The summed E-state index contributed by atoms with van der Waals surface area (Å²) in [6.45, 7) is 0.876. The van der Waals surface area contributed by atoms with E-state index in [0.29, 0.717) is 6.04 Å². The van der Waals surface area contributed by atoms with Crippen molar-refractivity contribution in [2.45, 2.75) is 31.7 Å². The second kappa shape index (κ2) is 7.23. The van der Waals surface area contributed by atoms with E-state index in [1.807, 2.05) is 23.1 Å². The van der Waals surface area contributed by atoms with Gasteiger partial charge in [-0.3, -0.25) is 4.79 Å². The van der Waals surface area contributed by atoms with Crippen LogP contribution in [-0.2, 0) is 0 Å². The summed E-state index contributed by atoms with van der Waals surface area (Å²) in [6, 6.07) is 6.11. The number of piperidine rings is 1. The molecule has 104 valence electrons. The summed E-state index contributed by atoms with van der Waals surface area (Å²) in [7, 11) is 0. The molecule has 1 aliphatic heterocycles. The number of carbonyl (C=O) groups is 1. The van der Waals surface area contributed by atoms with Crippen LogP contribution in [0.1, 0.15) is 36.0 Å². The molecule has 1 unspecified atom stereocenters. The minimum atomic E-state index is 0.146. The summed E-state index contributed by atoms with van der Waals surface area (Å²) in [6.07, 6.45) is 4.48. The van der Waals surface area contributed by atoms with Crippen molar-refractivity contribution in [3.8, 4) is 0 Å². The number of nitrogens with zero attached hydrogens (tertiary/aromatic N) is 1. The molecule has 5 heteroatoms. The van der Waals surface area contributed by atoms with Gasteiger partial charge in [0.25, 0.3) is 5.91 Å². The Morgan fingerprint density at radius 3 is 2.53 bits per heavy atom. The molecule has 1 amide bonds. The number of carbonyl (C=O) groups excluding carboxylic acids is 1. The zero-order valence-electron chi connectivity index (χ0n) is 10.5. The Balaban J connectivity index is 2.20. The average Bonchev–Trinajstić information content (AvgIpc) is 2.38. The summed E-state index contributed by atoms with van der Waals surface area (Å²) in [4.78, 5) is 14.7. The predicted octanol–water partition coefficient (Wildman–Crippen LogP) is 4.99. The molecule has 2 nitrogen and oxygen atoms in total. The van der Waals surface area contributed by atoms with Crippen LogP contribution in [0.4, 0.5) is 0 Å². The zero-order valence-corrected chi connectivity index (χ0v) is 15.3. The molecule has 0 spiro atoms. The molecule has 1 aromatic carbocycles. The lowest BCUT2D eigenvalue weighted by Crippen LogP contribution is -2.43. The first kappa shape index (κ1) is 15.5.